The Kier molecular flexibility index (Phi) is 5.38. The first-order valence-electron chi connectivity index (χ1n) is 6.39. The molecule has 0 fully saturated rings. The lowest BCUT2D eigenvalue weighted by atomic mass is 10.1. The Morgan fingerprint density at radius 3 is 2.39 bits per heavy atom. The second-order valence-corrected chi connectivity index (χ2v) is 4.40. The second-order valence-electron chi connectivity index (χ2n) is 4.40. The van der Waals surface area contributed by atoms with Crippen LogP contribution in [0.25, 0.3) is 0 Å². The molecule has 0 aliphatic heterocycles. The Morgan fingerprint density at radius 1 is 1.33 bits per heavy atom. The van der Waals surface area contributed by atoms with Crippen LogP contribution in [-0.4, -0.2) is 23.9 Å². The molecule has 1 atom stereocenters. The summed E-state index contributed by atoms with van der Waals surface area (Å²) in [6.45, 7) is 4.09. The molecule has 1 rings (SSSR count). The van der Waals surface area contributed by atoms with Gasteiger partial charge in [-0.25, -0.2) is 0 Å². The van der Waals surface area contributed by atoms with Crippen LogP contribution >= 0.6 is 0 Å². The molecule has 0 bridgehead atoms. The molecule has 0 saturated carbocycles. The summed E-state index contributed by atoms with van der Waals surface area (Å²) in [6.07, 6.45) is 2.57. The fourth-order valence-corrected chi connectivity index (χ4v) is 1.85. The summed E-state index contributed by atoms with van der Waals surface area (Å²) in [4.78, 5) is 13.7. The minimum absolute atomic E-state index is 0.0855. The fraction of sp³-hybridized carbons (Fsp3) is 0.467. The van der Waals surface area contributed by atoms with Crippen molar-refractivity contribution in [3.05, 3.63) is 35.4 Å². The van der Waals surface area contributed by atoms with Gasteiger partial charge >= 0.3 is 0 Å². The van der Waals surface area contributed by atoms with Gasteiger partial charge in [0.05, 0.1) is 6.07 Å². The average Bonchev–Trinajstić information content (AvgIpc) is 2.43. The minimum Gasteiger partial charge on any atom is -0.326 e. The van der Waals surface area contributed by atoms with Crippen LogP contribution in [0.2, 0.25) is 0 Å². The van der Waals surface area contributed by atoms with Crippen LogP contribution in [0.5, 0.6) is 0 Å². The molecule has 0 saturated heterocycles. The SMILES string of the molecule is CCC[C@@H](C#N)N(C)C(=O)c1ccc(CC)cc1. The molecule has 0 radical (unpaired) electrons. The van der Waals surface area contributed by atoms with Crippen molar-refractivity contribution < 1.29 is 4.79 Å². The minimum atomic E-state index is -0.339. The van der Waals surface area contributed by atoms with Gasteiger partial charge in [0.15, 0.2) is 0 Å². The molecule has 1 aromatic carbocycles. The molecule has 0 aromatic heterocycles. The Morgan fingerprint density at radius 2 is 1.94 bits per heavy atom. The van der Waals surface area contributed by atoms with Crippen LogP contribution in [0, 0.1) is 11.3 Å². The monoisotopic (exact) mass is 244 g/mol. The maximum absolute atomic E-state index is 12.2. The van der Waals surface area contributed by atoms with Gasteiger partial charge in [0.25, 0.3) is 5.91 Å². The van der Waals surface area contributed by atoms with Crippen LogP contribution in [-0.2, 0) is 6.42 Å². The third-order valence-corrected chi connectivity index (χ3v) is 3.11. The van der Waals surface area contributed by atoms with Gasteiger partial charge in [0.2, 0.25) is 0 Å². The largest absolute Gasteiger partial charge is 0.326 e. The molecular formula is C15H20N2O. The van der Waals surface area contributed by atoms with Gasteiger partial charge in [-0.3, -0.25) is 4.79 Å². The number of hydrogen-bond donors (Lipinski definition) is 0. The molecule has 0 heterocycles. The normalized spacial score (nSPS) is 11.7. The predicted molar refractivity (Wildman–Crippen MR) is 72.2 cm³/mol. The highest BCUT2D eigenvalue weighted by Gasteiger charge is 2.19. The van der Waals surface area contributed by atoms with Crippen molar-refractivity contribution in [1.82, 2.24) is 4.90 Å². The van der Waals surface area contributed by atoms with Crippen LogP contribution in [0.1, 0.15) is 42.6 Å². The first-order chi connectivity index (χ1) is 8.63. The Labute approximate surface area is 109 Å². The summed E-state index contributed by atoms with van der Waals surface area (Å²) < 4.78 is 0. The van der Waals surface area contributed by atoms with Crippen LogP contribution < -0.4 is 0 Å². The van der Waals surface area contributed by atoms with Crippen LogP contribution in [0.3, 0.4) is 0 Å². The van der Waals surface area contributed by atoms with Gasteiger partial charge in [-0.1, -0.05) is 32.4 Å². The quantitative estimate of drug-likeness (QED) is 0.799. The molecule has 18 heavy (non-hydrogen) atoms. The zero-order valence-electron chi connectivity index (χ0n) is 11.3. The zero-order chi connectivity index (χ0) is 13.5. The lowest BCUT2D eigenvalue weighted by Gasteiger charge is -2.22. The van der Waals surface area contributed by atoms with E-state index in [4.69, 9.17) is 5.26 Å². The first-order valence-corrected chi connectivity index (χ1v) is 6.39. The lowest BCUT2D eigenvalue weighted by molar-refractivity contribution is 0.0759. The summed E-state index contributed by atoms with van der Waals surface area (Å²) in [7, 11) is 1.69. The van der Waals surface area contributed by atoms with E-state index in [0.29, 0.717) is 12.0 Å². The summed E-state index contributed by atoms with van der Waals surface area (Å²) in [6, 6.07) is 9.43. The molecule has 3 heteroatoms. The Bertz CT molecular complexity index is 431. The summed E-state index contributed by atoms with van der Waals surface area (Å²) in [5, 5.41) is 9.06. The highest BCUT2D eigenvalue weighted by molar-refractivity contribution is 5.94. The number of amides is 1. The highest BCUT2D eigenvalue weighted by atomic mass is 16.2. The first kappa shape index (κ1) is 14.2. The third kappa shape index (κ3) is 3.33. The molecule has 96 valence electrons. The average molecular weight is 244 g/mol. The predicted octanol–water partition coefficient (Wildman–Crippen LogP) is 3.01. The maximum Gasteiger partial charge on any atom is 0.254 e. The topological polar surface area (TPSA) is 44.1 Å². The Balaban J connectivity index is 2.82. The lowest BCUT2D eigenvalue weighted by Crippen LogP contribution is -2.36. The molecule has 1 amide bonds. The smallest absolute Gasteiger partial charge is 0.254 e. The number of nitriles is 1. The summed E-state index contributed by atoms with van der Waals surface area (Å²) in [5.41, 5.74) is 1.85. The van der Waals surface area contributed by atoms with Crippen molar-refractivity contribution in [2.75, 3.05) is 7.05 Å². The highest BCUT2D eigenvalue weighted by Crippen LogP contribution is 2.11. The van der Waals surface area contributed by atoms with Crippen molar-refractivity contribution in [2.45, 2.75) is 39.2 Å². The van der Waals surface area contributed by atoms with Crippen molar-refractivity contribution in [2.24, 2.45) is 0 Å². The number of aryl methyl sites for hydroxylation is 1. The van der Waals surface area contributed by atoms with Crippen LogP contribution in [0.4, 0.5) is 0 Å². The van der Waals surface area contributed by atoms with E-state index in [2.05, 4.69) is 13.0 Å². The van der Waals surface area contributed by atoms with E-state index in [1.807, 2.05) is 31.2 Å². The van der Waals surface area contributed by atoms with Gasteiger partial charge in [-0.05, 0) is 30.5 Å². The molecule has 1 aromatic rings. The molecule has 0 aliphatic rings. The van der Waals surface area contributed by atoms with Crippen molar-refractivity contribution in [3.63, 3.8) is 0 Å². The van der Waals surface area contributed by atoms with E-state index < -0.39 is 0 Å². The van der Waals surface area contributed by atoms with Gasteiger partial charge < -0.3 is 4.90 Å². The molecule has 0 aliphatic carbocycles. The molecule has 0 N–H and O–H groups in total. The maximum atomic E-state index is 12.2. The standard InChI is InChI=1S/C15H20N2O/c1-4-6-14(11-16)17(3)15(18)13-9-7-12(5-2)8-10-13/h7-10,14H,4-6H2,1-3H3/t14-/m0/s1. The van der Waals surface area contributed by atoms with E-state index >= 15 is 0 Å². The van der Waals surface area contributed by atoms with Crippen molar-refractivity contribution in [3.8, 4) is 6.07 Å². The van der Waals surface area contributed by atoms with Gasteiger partial charge in [0, 0.05) is 12.6 Å². The van der Waals surface area contributed by atoms with Gasteiger partial charge in [-0.15, -0.1) is 0 Å². The van der Waals surface area contributed by atoms with Crippen molar-refractivity contribution in [1.29, 1.82) is 5.26 Å². The number of nitrogens with zero attached hydrogens (tertiary/aromatic N) is 2. The molecule has 0 unspecified atom stereocenters. The third-order valence-electron chi connectivity index (χ3n) is 3.11. The molecule has 3 nitrogen and oxygen atoms in total. The number of benzene rings is 1. The zero-order valence-corrected chi connectivity index (χ0v) is 11.3. The number of carbonyl (C=O) groups is 1. The van der Waals surface area contributed by atoms with Gasteiger partial charge in [0.1, 0.15) is 6.04 Å². The van der Waals surface area contributed by atoms with E-state index in [1.165, 1.54) is 10.5 Å². The number of carbonyl (C=O) groups excluding carboxylic acids is 1. The van der Waals surface area contributed by atoms with E-state index in [9.17, 15) is 4.79 Å². The van der Waals surface area contributed by atoms with E-state index in [0.717, 1.165) is 12.8 Å². The number of hydrogen-bond acceptors (Lipinski definition) is 2. The van der Waals surface area contributed by atoms with Gasteiger partial charge in [-0.2, -0.15) is 5.26 Å². The summed E-state index contributed by atoms with van der Waals surface area (Å²) in [5.74, 6) is -0.0855. The van der Waals surface area contributed by atoms with E-state index in [1.54, 1.807) is 7.05 Å². The Hall–Kier alpha value is -1.82. The second kappa shape index (κ2) is 6.80. The van der Waals surface area contributed by atoms with Crippen molar-refractivity contribution >= 4 is 5.91 Å². The van der Waals surface area contributed by atoms with E-state index in [-0.39, 0.29) is 11.9 Å². The molecular weight excluding hydrogens is 224 g/mol. The van der Waals surface area contributed by atoms with Crippen LogP contribution in [0.15, 0.2) is 24.3 Å². The number of rotatable bonds is 5. The summed E-state index contributed by atoms with van der Waals surface area (Å²) >= 11 is 0. The molecule has 0 spiro atoms. The fourth-order valence-electron chi connectivity index (χ4n) is 1.85.